The van der Waals surface area contributed by atoms with E-state index in [1.807, 2.05) is 6.92 Å². The number of pyridine rings is 2. The number of benzene rings is 5. The Kier molecular flexibility index (Phi) is 6.30. The first-order valence-electron chi connectivity index (χ1n) is 14.1. The lowest BCUT2D eigenvalue weighted by atomic mass is 9.99. The van der Waals surface area contributed by atoms with E-state index in [0.29, 0.717) is 0 Å². The Balaban J connectivity index is 1.46. The smallest absolute Gasteiger partial charge is 0.179 e. The number of rotatable bonds is 5. The van der Waals surface area contributed by atoms with Crippen LogP contribution in [0.1, 0.15) is 11.4 Å². The van der Waals surface area contributed by atoms with Gasteiger partial charge in [-0.15, -0.1) is 0 Å². The average molecular weight is 543 g/mol. The highest BCUT2D eigenvalue weighted by atomic mass is 28.3. The molecule has 7 rings (SSSR count). The van der Waals surface area contributed by atoms with Crippen LogP contribution in [0, 0.1) is 13.8 Å². The van der Waals surface area contributed by atoms with Crippen LogP contribution in [-0.2, 0) is 0 Å². The summed E-state index contributed by atoms with van der Waals surface area (Å²) < 4.78 is 0. The Morgan fingerprint density at radius 2 is 0.927 bits per heavy atom. The first kappa shape index (κ1) is 25.1. The number of aromatic nitrogens is 2. The molecule has 0 N–H and O–H groups in total. The molecule has 5 aromatic carbocycles. The van der Waals surface area contributed by atoms with Gasteiger partial charge in [0.1, 0.15) is 0 Å². The number of hydrogen-bond donors (Lipinski definition) is 0. The van der Waals surface area contributed by atoms with E-state index in [1.165, 1.54) is 31.9 Å². The van der Waals surface area contributed by atoms with Crippen LogP contribution >= 0.6 is 0 Å². The van der Waals surface area contributed by atoms with Crippen LogP contribution in [-0.4, -0.2) is 18.0 Å². The lowest BCUT2D eigenvalue weighted by Crippen LogP contribution is -2.74. The second kappa shape index (κ2) is 10.3. The average Bonchev–Trinajstić information content (AvgIpc) is 3.03. The zero-order valence-electron chi connectivity index (χ0n) is 23.3. The molecule has 2 heterocycles. The third-order valence-electron chi connectivity index (χ3n) is 8.16. The van der Waals surface area contributed by atoms with Gasteiger partial charge < -0.3 is 0 Å². The zero-order valence-corrected chi connectivity index (χ0v) is 24.3. The highest BCUT2D eigenvalue weighted by Crippen LogP contribution is 2.32. The van der Waals surface area contributed by atoms with Crippen molar-refractivity contribution in [3.8, 4) is 11.1 Å². The lowest BCUT2D eigenvalue weighted by Gasteiger charge is -2.34. The minimum Gasteiger partial charge on any atom is -0.251 e. The van der Waals surface area contributed by atoms with Crippen molar-refractivity contribution in [1.29, 1.82) is 0 Å². The SMILES string of the molecule is Cc1ccc2ccc3c(-c4ccc([Si](c5ccccc5)(c5ccccc5)c5ccccc5)cc4)cc(C)nc3c2n1. The van der Waals surface area contributed by atoms with Crippen LogP contribution in [0.3, 0.4) is 0 Å². The first-order valence-corrected chi connectivity index (χ1v) is 16.1. The second-order valence-corrected chi connectivity index (χ2v) is 14.5. The normalized spacial score (nSPS) is 11.7. The molecule has 0 radical (unpaired) electrons. The van der Waals surface area contributed by atoms with Gasteiger partial charge in [-0.05, 0) is 57.9 Å². The van der Waals surface area contributed by atoms with E-state index in [-0.39, 0.29) is 0 Å². The Labute approximate surface area is 242 Å². The fourth-order valence-corrected chi connectivity index (χ4v) is 11.0. The maximum Gasteiger partial charge on any atom is 0.179 e. The molecule has 0 saturated heterocycles. The maximum absolute atomic E-state index is 4.95. The second-order valence-electron chi connectivity index (χ2n) is 10.7. The molecule has 41 heavy (non-hydrogen) atoms. The summed E-state index contributed by atoms with van der Waals surface area (Å²) in [4.78, 5) is 9.82. The third kappa shape index (κ3) is 4.26. The summed E-state index contributed by atoms with van der Waals surface area (Å²) >= 11 is 0. The third-order valence-corrected chi connectivity index (χ3v) is 13.0. The Morgan fingerprint density at radius 3 is 1.49 bits per heavy atom. The van der Waals surface area contributed by atoms with Gasteiger partial charge in [-0.1, -0.05) is 133 Å². The summed E-state index contributed by atoms with van der Waals surface area (Å²) in [5.74, 6) is 0. The predicted molar refractivity (Wildman–Crippen MR) is 176 cm³/mol. The zero-order chi connectivity index (χ0) is 27.8. The highest BCUT2D eigenvalue weighted by molar-refractivity contribution is 7.19. The van der Waals surface area contributed by atoms with Crippen molar-refractivity contribution in [2.75, 3.05) is 0 Å². The van der Waals surface area contributed by atoms with Gasteiger partial charge in [0, 0.05) is 22.2 Å². The number of aryl methyl sites for hydroxylation is 2. The molecule has 2 aromatic heterocycles. The van der Waals surface area contributed by atoms with Crippen molar-refractivity contribution in [2.45, 2.75) is 13.8 Å². The summed E-state index contributed by atoms with van der Waals surface area (Å²) in [6.45, 7) is 4.11. The van der Waals surface area contributed by atoms with Crippen molar-refractivity contribution < 1.29 is 0 Å². The van der Waals surface area contributed by atoms with E-state index in [2.05, 4.69) is 153 Å². The summed E-state index contributed by atoms with van der Waals surface area (Å²) in [7, 11) is -2.55. The van der Waals surface area contributed by atoms with Gasteiger partial charge in [0.25, 0.3) is 0 Å². The Morgan fingerprint density at radius 1 is 0.439 bits per heavy atom. The standard InChI is InChI=1S/C38H30N2Si/c1-27-18-19-30-22-25-35-36(26-28(2)40-38(35)37(30)39-27)29-20-23-34(24-21-29)41(31-12-6-3-7-13-31,32-14-8-4-9-15-32)33-16-10-5-11-17-33/h3-26H,1-2H3. The van der Waals surface area contributed by atoms with Crippen LogP contribution in [0.5, 0.6) is 0 Å². The largest absolute Gasteiger partial charge is 0.251 e. The van der Waals surface area contributed by atoms with Crippen molar-refractivity contribution >= 4 is 50.6 Å². The molecule has 0 amide bonds. The van der Waals surface area contributed by atoms with Crippen molar-refractivity contribution in [3.05, 3.63) is 157 Å². The van der Waals surface area contributed by atoms with E-state index in [1.54, 1.807) is 0 Å². The molecule has 7 aromatic rings. The van der Waals surface area contributed by atoms with Crippen LogP contribution in [0.4, 0.5) is 0 Å². The molecule has 0 fully saturated rings. The molecular weight excluding hydrogens is 513 g/mol. The van der Waals surface area contributed by atoms with Crippen LogP contribution in [0.15, 0.2) is 146 Å². The van der Waals surface area contributed by atoms with Gasteiger partial charge >= 0.3 is 0 Å². The minimum absolute atomic E-state index is 0.965. The predicted octanol–water partition coefficient (Wildman–Crippen LogP) is 6.44. The van der Waals surface area contributed by atoms with Gasteiger partial charge in [0.05, 0.1) is 11.0 Å². The Hall–Kier alpha value is -4.86. The van der Waals surface area contributed by atoms with Crippen LogP contribution in [0.25, 0.3) is 32.9 Å². The van der Waals surface area contributed by atoms with Gasteiger partial charge in [0.2, 0.25) is 0 Å². The monoisotopic (exact) mass is 542 g/mol. The molecule has 0 aliphatic rings. The molecule has 0 bridgehead atoms. The molecule has 0 saturated carbocycles. The summed E-state index contributed by atoms with van der Waals surface area (Å²) in [6.07, 6.45) is 0. The number of nitrogens with zero attached hydrogens (tertiary/aromatic N) is 2. The molecule has 2 nitrogen and oxygen atoms in total. The van der Waals surface area contributed by atoms with Gasteiger partial charge in [-0.2, -0.15) is 0 Å². The van der Waals surface area contributed by atoms with Crippen molar-refractivity contribution in [1.82, 2.24) is 9.97 Å². The molecule has 0 atom stereocenters. The quantitative estimate of drug-likeness (QED) is 0.142. The van der Waals surface area contributed by atoms with Crippen LogP contribution in [0.2, 0.25) is 0 Å². The Bertz CT molecular complexity index is 1890. The minimum atomic E-state index is -2.55. The van der Waals surface area contributed by atoms with E-state index in [4.69, 9.17) is 9.97 Å². The van der Waals surface area contributed by atoms with E-state index >= 15 is 0 Å². The molecule has 196 valence electrons. The fourth-order valence-electron chi connectivity index (χ4n) is 6.30. The molecule has 0 unspecified atom stereocenters. The molecule has 0 aliphatic heterocycles. The first-order chi connectivity index (χ1) is 20.1. The summed E-state index contributed by atoms with van der Waals surface area (Å²) in [5.41, 5.74) is 6.31. The number of fused-ring (bicyclic) bond motifs is 3. The summed E-state index contributed by atoms with van der Waals surface area (Å²) in [6, 6.07) is 53.3. The van der Waals surface area contributed by atoms with Crippen molar-refractivity contribution in [3.63, 3.8) is 0 Å². The van der Waals surface area contributed by atoms with Crippen molar-refractivity contribution in [2.24, 2.45) is 0 Å². The van der Waals surface area contributed by atoms with Gasteiger partial charge in [-0.3, -0.25) is 9.97 Å². The fraction of sp³-hybridized carbons (Fsp3) is 0.0526. The molecular formula is C38H30N2Si. The molecule has 3 heteroatoms. The molecule has 0 spiro atoms. The van der Waals surface area contributed by atoms with Crippen LogP contribution < -0.4 is 20.7 Å². The lowest BCUT2D eigenvalue weighted by molar-refractivity contribution is 1.23. The maximum atomic E-state index is 4.95. The molecule has 0 aliphatic carbocycles. The highest BCUT2D eigenvalue weighted by Gasteiger charge is 2.41. The topological polar surface area (TPSA) is 25.8 Å². The summed E-state index contributed by atoms with van der Waals surface area (Å²) in [5, 5.41) is 7.75. The van der Waals surface area contributed by atoms with E-state index in [9.17, 15) is 0 Å². The van der Waals surface area contributed by atoms with Gasteiger partial charge in [0.15, 0.2) is 8.07 Å². The van der Waals surface area contributed by atoms with Gasteiger partial charge in [-0.25, -0.2) is 0 Å². The number of hydrogen-bond acceptors (Lipinski definition) is 2. The van der Waals surface area contributed by atoms with E-state index < -0.39 is 8.07 Å². The van der Waals surface area contributed by atoms with E-state index in [0.717, 1.165) is 33.2 Å².